The number of likely N-dealkylation sites (N-methyl/N-ethyl adjacent to an activating group) is 1. The quantitative estimate of drug-likeness (QED) is 0.677. The fourth-order valence-corrected chi connectivity index (χ4v) is 3.61. The molecule has 1 aliphatic rings. The molecule has 0 aromatic heterocycles. The molecule has 2 aromatic rings. The number of likely N-dealkylation sites (tertiary alicyclic amines) is 1. The minimum atomic E-state index is -0.929. The SMILES string of the molecule is CN(C)CCOc1ccc(CN2CCCC(O)(COc3ccccc3F)CC2)cc1. The van der Waals surface area contributed by atoms with Gasteiger partial charge in [-0.15, -0.1) is 0 Å². The number of para-hydroxylation sites is 1. The second kappa shape index (κ2) is 10.8. The first kappa shape index (κ1) is 22.5. The molecule has 2 aromatic carbocycles. The van der Waals surface area contributed by atoms with Gasteiger partial charge in [-0.2, -0.15) is 0 Å². The molecule has 0 spiro atoms. The maximum atomic E-state index is 13.8. The number of halogens is 1. The molecule has 6 heteroatoms. The van der Waals surface area contributed by atoms with Crippen LogP contribution in [-0.4, -0.2) is 67.5 Å². The normalized spacial score (nSPS) is 20.2. The lowest BCUT2D eigenvalue weighted by atomic mass is 9.96. The lowest BCUT2D eigenvalue weighted by Crippen LogP contribution is -2.37. The zero-order valence-corrected chi connectivity index (χ0v) is 18.0. The molecule has 0 radical (unpaired) electrons. The summed E-state index contributed by atoms with van der Waals surface area (Å²) in [6.07, 6.45) is 2.13. The van der Waals surface area contributed by atoms with Crippen LogP contribution in [0.2, 0.25) is 0 Å². The zero-order valence-electron chi connectivity index (χ0n) is 18.0. The van der Waals surface area contributed by atoms with Gasteiger partial charge in [0.05, 0.1) is 5.60 Å². The number of hydrogen-bond donors (Lipinski definition) is 1. The van der Waals surface area contributed by atoms with Crippen LogP contribution in [0.5, 0.6) is 11.5 Å². The summed E-state index contributed by atoms with van der Waals surface area (Å²) >= 11 is 0. The molecule has 164 valence electrons. The second-order valence-corrected chi connectivity index (χ2v) is 8.37. The number of benzene rings is 2. The largest absolute Gasteiger partial charge is 0.492 e. The summed E-state index contributed by atoms with van der Waals surface area (Å²) in [5, 5.41) is 11.0. The first-order chi connectivity index (χ1) is 14.4. The number of rotatable bonds is 9. The lowest BCUT2D eigenvalue weighted by molar-refractivity contribution is -0.0177. The van der Waals surface area contributed by atoms with Gasteiger partial charge in [0.1, 0.15) is 19.0 Å². The highest BCUT2D eigenvalue weighted by atomic mass is 19.1. The van der Waals surface area contributed by atoms with Crippen molar-refractivity contribution >= 4 is 0 Å². The van der Waals surface area contributed by atoms with Gasteiger partial charge in [0.15, 0.2) is 11.6 Å². The molecule has 0 aliphatic carbocycles. The van der Waals surface area contributed by atoms with Crippen LogP contribution in [0.3, 0.4) is 0 Å². The van der Waals surface area contributed by atoms with Crippen molar-refractivity contribution in [3.05, 3.63) is 59.9 Å². The molecule has 1 N–H and O–H groups in total. The molecule has 0 saturated carbocycles. The first-order valence-electron chi connectivity index (χ1n) is 10.6. The van der Waals surface area contributed by atoms with Gasteiger partial charge >= 0.3 is 0 Å². The minimum absolute atomic E-state index is 0.112. The predicted octanol–water partition coefficient (Wildman–Crippen LogP) is 3.56. The van der Waals surface area contributed by atoms with E-state index in [0.717, 1.165) is 38.3 Å². The molecule has 1 fully saturated rings. The van der Waals surface area contributed by atoms with Gasteiger partial charge in [0, 0.05) is 19.6 Å². The van der Waals surface area contributed by atoms with E-state index in [1.165, 1.54) is 11.6 Å². The monoisotopic (exact) mass is 416 g/mol. The van der Waals surface area contributed by atoms with Gasteiger partial charge in [-0.25, -0.2) is 4.39 Å². The van der Waals surface area contributed by atoms with E-state index in [2.05, 4.69) is 21.9 Å². The molecule has 1 saturated heterocycles. The lowest BCUT2D eigenvalue weighted by Gasteiger charge is -2.27. The maximum Gasteiger partial charge on any atom is 0.165 e. The van der Waals surface area contributed by atoms with Gasteiger partial charge in [0.25, 0.3) is 0 Å². The smallest absolute Gasteiger partial charge is 0.165 e. The minimum Gasteiger partial charge on any atom is -0.492 e. The molecule has 0 bridgehead atoms. The van der Waals surface area contributed by atoms with Gasteiger partial charge in [-0.1, -0.05) is 24.3 Å². The first-order valence-corrected chi connectivity index (χ1v) is 10.6. The molecular weight excluding hydrogens is 383 g/mol. The average molecular weight is 417 g/mol. The van der Waals surface area contributed by atoms with E-state index in [1.54, 1.807) is 18.2 Å². The summed E-state index contributed by atoms with van der Waals surface area (Å²) in [7, 11) is 4.06. The van der Waals surface area contributed by atoms with E-state index in [1.807, 2.05) is 26.2 Å². The third-order valence-electron chi connectivity index (χ3n) is 5.48. The van der Waals surface area contributed by atoms with Crippen LogP contribution in [0, 0.1) is 5.82 Å². The number of nitrogens with zero attached hydrogens (tertiary/aromatic N) is 2. The molecule has 1 atom stereocenters. The Hall–Kier alpha value is -2.15. The number of aliphatic hydroxyl groups is 1. The van der Waals surface area contributed by atoms with Crippen molar-refractivity contribution in [2.24, 2.45) is 0 Å². The Bertz CT molecular complexity index is 784. The van der Waals surface area contributed by atoms with Crippen LogP contribution in [0.15, 0.2) is 48.5 Å². The third-order valence-corrected chi connectivity index (χ3v) is 5.48. The molecular formula is C24H33FN2O3. The molecule has 1 unspecified atom stereocenters. The Morgan fingerprint density at radius 3 is 2.53 bits per heavy atom. The van der Waals surface area contributed by atoms with Crippen LogP contribution in [0.25, 0.3) is 0 Å². The zero-order chi connectivity index (χ0) is 21.4. The van der Waals surface area contributed by atoms with Crippen LogP contribution >= 0.6 is 0 Å². The Labute approximate surface area is 179 Å². The van der Waals surface area contributed by atoms with Gasteiger partial charge in [-0.3, -0.25) is 4.90 Å². The van der Waals surface area contributed by atoms with Crippen LogP contribution in [0.4, 0.5) is 4.39 Å². The average Bonchev–Trinajstić information content (AvgIpc) is 2.90. The highest BCUT2D eigenvalue weighted by molar-refractivity contribution is 5.27. The summed E-state index contributed by atoms with van der Waals surface area (Å²) in [5.41, 5.74) is 0.296. The molecule has 1 heterocycles. The van der Waals surface area contributed by atoms with Crippen molar-refractivity contribution in [1.82, 2.24) is 9.80 Å². The highest BCUT2D eigenvalue weighted by Gasteiger charge is 2.31. The summed E-state index contributed by atoms with van der Waals surface area (Å²) in [6.45, 7) is 4.20. The molecule has 5 nitrogen and oxygen atoms in total. The molecule has 30 heavy (non-hydrogen) atoms. The van der Waals surface area contributed by atoms with Crippen molar-refractivity contribution in [3.63, 3.8) is 0 Å². The van der Waals surface area contributed by atoms with Gasteiger partial charge in [0.2, 0.25) is 0 Å². The van der Waals surface area contributed by atoms with Crippen molar-refractivity contribution in [2.75, 3.05) is 46.9 Å². The van der Waals surface area contributed by atoms with Crippen molar-refractivity contribution < 1.29 is 19.0 Å². The maximum absolute atomic E-state index is 13.8. The summed E-state index contributed by atoms with van der Waals surface area (Å²) in [6, 6.07) is 14.6. The van der Waals surface area contributed by atoms with Crippen LogP contribution < -0.4 is 9.47 Å². The van der Waals surface area contributed by atoms with E-state index in [4.69, 9.17) is 9.47 Å². The van der Waals surface area contributed by atoms with E-state index in [9.17, 15) is 9.50 Å². The van der Waals surface area contributed by atoms with Gasteiger partial charge in [-0.05, 0) is 69.7 Å². The summed E-state index contributed by atoms with van der Waals surface area (Å²) in [4.78, 5) is 4.44. The van der Waals surface area contributed by atoms with Crippen LogP contribution in [0.1, 0.15) is 24.8 Å². The van der Waals surface area contributed by atoms with Crippen LogP contribution in [-0.2, 0) is 6.54 Å². The fourth-order valence-electron chi connectivity index (χ4n) is 3.61. The fraction of sp³-hybridized carbons (Fsp3) is 0.500. The Morgan fingerprint density at radius 1 is 1.03 bits per heavy atom. The highest BCUT2D eigenvalue weighted by Crippen LogP contribution is 2.26. The number of hydrogen-bond acceptors (Lipinski definition) is 5. The summed E-state index contributed by atoms with van der Waals surface area (Å²) in [5.74, 6) is 0.682. The predicted molar refractivity (Wildman–Crippen MR) is 116 cm³/mol. The van der Waals surface area contributed by atoms with E-state index in [-0.39, 0.29) is 12.4 Å². The third kappa shape index (κ3) is 6.97. The molecule has 1 aliphatic heterocycles. The Morgan fingerprint density at radius 2 is 1.80 bits per heavy atom. The van der Waals surface area contributed by atoms with Crippen molar-refractivity contribution in [3.8, 4) is 11.5 Å². The summed E-state index contributed by atoms with van der Waals surface area (Å²) < 4.78 is 25.1. The Balaban J connectivity index is 1.47. The van der Waals surface area contributed by atoms with E-state index < -0.39 is 11.4 Å². The number of ether oxygens (including phenoxy) is 2. The topological polar surface area (TPSA) is 45.2 Å². The second-order valence-electron chi connectivity index (χ2n) is 8.37. The van der Waals surface area contributed by atoms with E-state index >= 15 is 0 Å². The standard InChI is InChI=1S/C24H33FN2O3/c1-26(2)16-17-29-21-10-8-20(9-11-21)18-27-14-5-12-24(28,13-15-27)19-30-23-7-4-3-6-22(23)25/h3-4,6-11,28H,5,12-19H2,1-2H3. The molecule has 0 amide bonds. The van der Waals surface area contributed by atoms with Gasteiger partial charge < -0.3 is 19.5 Å². The molecule has 3 rings (SSSR count). The van der Waals surface area contributed by atoms with E-state index in [0.29, 0.717) is 19.4 Å². The van der Waals surface area contributed by atoms with Crippen molar-refractivity contribution in [2.45, 2.75) is 31.4 Å². The van der Waals surface area contributed by atoms with Crippen molar-refractivity contribution in [1.29, 1.82) is 0 Å². The Kier molecular flexibility index (Phi) is 8.08.